The first-order valence-corrected chi connectivity index (χ1v) is 5.61. The van der Waals surface area contributed by atoms with Gasteiger partial charge in [0.25, 0.3) is 0 Å². The third kappa shape index (κ3) is 1.85. The van der Waals surface area contributed by atoms with Crippen molar-refractivity contribution in [2.75, 3.05) is 19.0 Å². The molecule has 1 aromatic heterocycles. The van der Waals surface area contributed by atoms with Gasteiger partial charge in [-0.3, -0.25) is 4.98 Å². The molecule has 16 heavy (non-hydrogen) atoms. The number of nitrogens with zero attached hydrogens (tertiary/aromatic N) is 2. The molecule has 2 nitrogen and oxygen atoms in total. The van der Waals surface area contributed by atoms with Crippen molar-refractivity contribution in [2.24, 2.45) is 0 Å². The molecular formula is C13H15ClN2. The minimum atomic E-state index is 0.763. The lowest BCUT2D eigenvalue weighted by molar-refractivity contribution is 1.12. The van der Waals surface area contributed by atoms with Gasteiger partial charge in [0.2, 0.25) is 0 Å². The van der Waals surface area contributed by atoms with E-state index in [1.165, 1.54) is 0 Å². The fraction of sp³-hybridized carbons (Fsp3) is 0.308. The Morgan fingerprint density at radius 3 is 2.44 bits per heavy atom. The molecule has 0 aliphatic heterocycles. The number of fused-ring (bicyclic) bond motifs is 1. The Hall–Kier alpha value is -1.28. The van der Waals surface area contributed by atoms with Crippen molar-refractivity contribution in [3.8, 4) is 0 Å². The van der Waals surface area contributed by atoms with Crippen molar-refractivity contribution < 1.29 is 0 Å². The minimum absolute atomic E-state index is 0.763. The number of hydrogen-bond donors (Lipinski definition) is 0. The Kier molecular flexibility index (Phi) is 2.76. The van der Waals surface area contributed by atoms with Crippen LogP contribution in [0.1, 0.15) is 11.3 Å². The van der Waals surface area contributed by atoms with Crippen LogP contribution in [-0.2, 0) is 0 Å². The first-order valence-electron chi connectivity index (χ1n) is 5.24. The molecule has 1 heterocycles. The van der Waals surface area contributed by atoms with E-state index in [0.29, 0.717) is 0 Å². The normalized spacial score (nSPS) is 10.8. The van der Waals surface area contributed by atoms with Crippen LogP contribution in [0.2, 0.25) is 5.02 Å². The minimum Gasteiger partial charge on any atom is -0.377 e. The molecule has 2 aromatic rings. The summed E-state index contributed by atoms with van der Waals surface area (Å²) >= 11 is 6.09. The number of pyridine rings is 1. The molecule has 84 valence electrons. The predicted molar refractivity (Wildman–Crippen MR) is 70.6 cm³/mol. The molecule has 0 N–H and O–H groups in total. The second-order valence-corrected chi connectivity index (χ2v) is 4.73. The van der Waals surface area contributed by atoms with Gasteiger partial charge in [-0.15, -0.1) is 0 Å². The molecule has 0 spiro atoms. The summed E-state index contributed by atoms with van der Waals surface area (Å²) in [4.78, 5) is 6.66. The third-order valence-electron chi connectivity index (χ3n) is 2.66. The highest BCUT2D eigenvalue weighted by Crippen LogP contribution is 2.30. The Balaban J connectivity index is 2.89. The molecule has 0 fully saturated rings. The lowest BCUT2D eigenvalue weighted by atomic mass is 10.1. The fourth-order valence-electron chi connectivity index (χ4n) is 1.93. The van der Waals surface area contributed by atoms with Crippen LogP contribution < -0.4 is 4.90 Å². The van der Waals surface area contributed by atoms with Crippen molar-refractivity contribution in [3.05, 3.63) is 34.5 Å². The molecule has 3 heteroatoms. The van der Waals surface area contributed by atoms with E-state index >= 15 is 0 Å². The summed E-state index contributed by atoms with van der Waals surface area (Å²) in [6.07, 6.45) is 0. The first kappa shape index (κ1) is 11.2. The van der Waals surface area contributed by atoms with E-state index in [1.54, 1.807) is 0 Å². The Bertz CT molecular complexity index is 547. The zero-order valence-corrected chi connectivity index (χ0v) is 10.8. The van der Waals surface area contributed by atoms with E-state index in [4.69, 9.17) is 11.6 Å². The fourth-order valence-corrected chi connectivity index (χ4v) is 2.21. The standard InChI is InChI=1S/C13H15ClN2/c1-8-5-10(14)7-11-12(16(3)4)6-9(2)15-13(8)11/h5-7H,1-4H3. The summed E-state index contributed by atoms with van der Waals surface area (Å²) in [7, 11) is 4.06. The highest BCUT2D eigenvalue weighted by atomic mass is 35.5. The maximum absolute atomic E-state index is 6.09. The SMILES string of the molecule is Cc1cc(N(C)C)c2cc(Cl)cc(C)c2n1. The molecule has 0 atom stereocenters. The van der Waals surface area contributed by atoms with Gasteiger partial charge in [-0.25, -0.2) is 0 Å². The molecule has 0 unspecified atom stereocenters. The number of anilines is 1. The highest BCUT2D eigenvalue weighted by Gasteiger charge is 2.08. The topological polar surface area (TPSA) is 16.1 Å². The number of rotatable bonds is 1. The van der Waals surface area contributed by atoms with Crippen molar-refractivity contribution >= 4 is 28.2 Å². The van der Waals surface area contributed by atoms with Crippen LogP contribution in [-0.4, -0.2) is 19.1 Å². The van der Waals surface area contributed by atoms with Gasteiger partial charge in [-0.05, 0) is 37.6 Å². The van der Waals surface area contributed by atoms with Gasteiger partial charge in [0.15, 0.2) is 0 Å². The van der Waals surface area contributed by atoms with Crippen molar-refractivity contribution in [2.45, 2.75) is 13.8 Å². The largest absolute Gasteiger partial charge is 0.377 e. The van der Waals surface area contributed by atoms with Crippen LogP contribution in [0, 0.1) is 13.8 Å². The maximum atomic E-state index is 6.09. The smallest absolute Gasteiger partial charge is 0.0756 e. The van der Waals surface area contributed by atoms with Crippen LogP contribution >= 0.6 is 11.6 Å². The third-order valence-corrected chi connectivity index (χ3v) is 2.88. The van der Waals surface area contributed by atoms with Crippen LogP contribution in [0.5, 0.6) is 0 Å². The maximum Gasteiger partial charge on any atom is 0.0756 e. The molecule has 1 aromatic carbocycles. The predicted octanol–water partition coefficient (Wildman–Crippen LogP) is 3.57. The Labute approximate surface area is 101 Å². The lowest BCUT2D eigenvalue weighted by Crippen LogP contribution is -2.10. The molecule has 0 bridgehead atoms. The summed E-state index contributed by atoms with van der Waals surface area (Å²) in [5.74, 6) is 0. The second-order valence-electron chi connectivity index (χ2n) is 4.30. The summed E-state index contributed by atoms with van der Waals surface area (Å²) in [5.41, 5.74) is 4.34. The molecule has 0 aliphatic rings. The van der Waals surface area contributed by atoms with E-state index < -0.39 is 0 Å². The Morgan fingerprint density at radius 2 is 1.81 bits per heavy atom. The molecule has 0 amide bonds. The van der Waals surface area contributed by atoms with Crippen molar-refractivity contribution in [1.29, 1.82) is 0 Å². The molecule has 0 saturated heterocycles. The first-order chi connectivity index (χ1) is 7.49. The van der Waals surface area contributed by atoms with Crippen LogP contribution in [0.15, 0.2) is 18.2 Å². The molecule has 0 radical (unpaired) electrons. The number of hydrogen-bond acceptors (Lipinski definition) is 2. The van der Waals surface area contributed by atoms with E-state index in [1.807, 2.05) is 40.1 Å². The monoisotopic (exact) mass is 234 g/mol. The van der Waals surface area contributed by atoms with Crippen molar-refractivity contribution in [1.82, 2.24) is 4.98 Å². The summed E-state index contributed by atoms with van der Waals surface area (Å²) in [6.45, 7) is 4.06. The van der Waals surface area contributed by atoms with Gasteiger partial charge in [0.05, 0.1) is 5.52 Å². The van der Waals surface area contributed by atoms with E-state index in [2.05, 4.69) is 16.0 Å². The highest BCUT2D eigenvalue weighted by molar-refractivity contribution is 6.31. The summed E-state index contributed by atoms with van der Waals surface area (Å²) < 4.78 is 0. The van der Waals surface area contributed by atoms with Gasteiger partial charge in [0, 0.05) is 35.9 Å². The van der Waals surface area contributed by atoms with Gasteiger partial charge in [0.1, 0.15) is 0 Å². The summed E-state index contributed by atoms with van der Waals surface area (Å²) in [5, 5.41) is 1.87. The zero-order chi connectivity index (χ0) is 11.9. The lowest BCUT2D eigenvalue weighted by Gasteiger charge is -2.17. The van der Waals surface area contributed by atoms with E-state index in [-0.39, 0.29) is 0 Å². The van der Waals surface area contributed by atoms with Gasteiger partial charge < -0.3 is 4.90 Å². The van der Waals surface area contributed by atoms with Crippen LogP contribution in [0.25, 0.3) is 10.9 Å². The number of benzene rings is 1. The average molecular weight is 235 g/mol. The van der Waals surface area contributed by atoms with Crippen molar-refractivity contribution in [3.63, 3.8) is 0 Å². The van der Waals surface area contributed by atoms with E-state index in [9.17, 15) is 0 Å². The molecule has 0 saturated carbocycles. The quantitative estimate of drug-likeness (QED) is 0.750. The van der Waals surface area contributed by atoms with Crippen LogP contribution in [0.4, 0.5) is 5.69 Å². The Morgan fingerprint density at radius 1 is 1.12 bits per heavy atom. The van der Waals surface area contributed by atoms with Gasteiger partial charge in [-0.1, -0.05) is 11.6 Å². The average Bonchev–Trinajstić information content (AvgIpc) is 2.18. The van der Waals surface area contributed by atoms with E-state index in [0.717, 1.165) is 32.9 Å². The zero-order valence-electron chi connectivity index (χ0n) is 10.0. The van der Waals surface area contributed by atoms with Crippen LogP contribution in [0.3, 0.4) is 0 Å². The number of aromatic nitrogens is 1. The second kappa shape index (κ2) is 3.95. The summed E-state index contributed by atoms with van der Waals surface area (Å²) in [6, 6.07) is 6.01. The van der Waals surface area contributed by atoms with Gasteiger partial charge in [-0.2, -0.15) is 0 Å². The van der Waals surface area contributed by atoms with Gasteiger partial charge >= 0.3 is 0 Å². The molecule has 0 aliphatic carbocycles. The number of halogens is 1. The molecule has 2 rings (SSSR count). The number of aryl methyl sites for hydroxylation is 2. The molecular weight excluding hydrogens is 220 g/mol.